The smallest absolute Gasteiger partial charge is 0.326 e. The van der Waals surface area contributed by atoms with Crippen molar-refractivity contribution in [2.75, 3.05) is 34.9 Å². The van der Waals surface area contributed by atoms with Crippen LogP contribution in [-0.2, 0) is 33.1 Å². The zero-order valence-electron chi connectivity index (χ0n) is 32.3. The molecule has 49 heavy (non-hydrogen) atoms. The second-order valence-corrected chi connectivity index (χ2v) is 27.6. The molecule has 0 amide bonds. The van der Waals surface area contributed by atoms with Gasteiger partial charge in [-0.1, -0.05) is 67.0 Å². The van der Waals surface area contributed by atoms with Crippen molar-refractivity contribution in [2.24, 2.45) is 0 Å². The predicted molar refractivity (Wildman–Crippen MR) is 213 cm³/mol. The summed E-state index contributed by atoms with van der Waals surface area (Å²) in [5, 5.41) is 0. The largest absolute Gasteiger partial charge is 0.361 e. The van der Waals surface area contributed by atoms with Gasteiger partial charge < -0.3 is 18.6 Å². The van der Waals surface area contributed by atoms with Gasteiger partial charge in [0.2, 0.25) is 0 Å². The van der Waals surface area contributed by atoms with Gasteiger partial charge >= 0.3 is 10.2 Å². The van der Waals surface area contributed by atoms with E-state index in [1.165, 1.54) is 8.61 Å². The molecule has 4 aromatic rings. The van der Waals surface area contributed by atoms with E-state index in [9.17, 15) is 8.42 Å². The molecule has 274 valence electrons. The minimum absolute atomic E-state index is 0.411. The first kappa shape index (κ1) is 40.7. The van der Waals surface area contributed by atoms with Crippen LogP contribution >= 0.6 is 0 Å². The Hall–Kier alpha value is -2.72. The summed E-state index contributed by atoms with van der Waals surface area (Å²) in [6, 6.07) is 13.7. The molecular weight excluding hydrogens is 669 g/mol. The molecule has 13 heteroatoms. The lowest BCUT2D eigenvalue weighted by Gasteiger charge is -2.29. The van der Waals surface area contributed by atoms with Gasteiger partial charge in [0.05, 0.1) is 33.4 Å². The van der Waals surface area contributed by atoms with Crippen LogP contribution in [0.3, 0.4) is 0 Å². The Morgan fingerprint density at radius 3 is 1.37 bits per heavy atom. The number of nitrogens with zero attached hydrogens (tertiary/aromatic N) is 6. The average Bonchev–Trinajstić information content (AvgIpc) is 3.46. The summed E-state index contributed by atoms with van der Waals surface area (Å²) >= 11 is 0. The highest BCUT2D eigenvalue weighted by Crippen LogP contribution is 2.32. The highest BCUT2D eigenvalue weighted by Gasteiger charge is 2.33. The second kappa shape index (κ2) is 17.5. The molecule has 0 atom stereocenters. The van der Waals surface area contributed by atoms with Crippen LogP contribution in [0.1, 0.15) is 52.2 Å². The number of hydrogen-bond donors (Lipinski definition) is 0. The summed E-state index contributed by atoms with van der Waals surface area (Å²) in [5.41, 5.74) is 4.65. The Balaban J connectivity index is 0.00000157. The summed E-state index contributed by atoms with van der Waals surface area (Å²) in [5.74, 6) is 1.69. The molecule has 0 bridgehead atoms. The maximum absolute atomic E-state index is 14.2. The van der Waals surface area contributed by atoms with E-state index in [0.717, 1.165) is 71.9 Å². The number of aromatic nitrogens is 4. The fraction of sp³-hybridized carbons (Fsp3) is 0.611. The van der Waals surface area contributed by atoms with Crippen LogP contribution in [0.4, 0.5) is 11.4 Å². The van der Waals surface area contributed by atoms with Crippen molar-refractivity contribution in [2.45, 2.75) is 119 Å². The van der Waals surface area contributed by atoms with Crippen LogP contribution in [0.5, 0.6) is 0 Å². The summed E-state index contributed by atoms with van der Waals surface area (Å²) < 4.78 is 47.6. The summed E-state index contributed by atoms with van der Waals surface area (Å²) in [6.45, 7) is 29.1. The Labute approximate surface area is 298 Å². The molecule has 10 nitrogen and oxygen atoms in total. The van der Waals surface area contributed by atoms with Crippen molar-refractivity contribution in [3.63, 3.8) is 0 Å². The van der Waals surface area contributed by atoms with E-state index >= 15 is 0 Å². The monoisotopic (exact) mass is 730 g/mol. The van der Waals surface area contributed by atoms with Crippen LogP contribution in [0.25, 0.3) is 22.1 Å². The lowest BCUT2D eigenvalue weighted by Crippen LogP contribution is -2.42. The van der Waals surface area contributed by atoms with E-state index in [0.29, 0.717) is 37.9 Å². The molecule has 1 saturated heterocycles. The Morgan fingerprint density at radius 1 is 0.653 bits per heavy atom. The molecule has 0 aliphatic carbocycles. The van der Waals surface area contributed by atoms with Gasteiger partial charge in [-0.25, -0.2) is 9.97 Å². The molecule has 2 aromatic carbocycles. The van der Waals surface area contributed by atoms with E-state index in [1.54, 1.807) is 0 Å². The summed E-state index contributed by atoms with van der Waals surface area (Å²) in [6.07, 6.45) is 1.52. The fourth-order valence-corrected chi connectivity index (χ4v) is 8.80. The first-order chi connectivity index (χ1) is 23.1. The Kier molecular flexibility index (Phi) is 14.5. The van der Waals surface area contributed by atoms with E-state index in [1.807, 2.05) is 77.9 Å². The molecule has 0 N–H and O–H groups in total. The zero-order chi connectivity index (χ0) is 36.6. The number of ether oxygens (including phenoxy) is 2. The average molecular weight is 731 g/mol. The number of fused-ring (bicyclic) bond motifs is 2. The molecule has 1 aliphatic rings. The molecule has 0 spiro atoms. The van der Waals surface area contributed by atoms with Crippen LogP contribution in [0.15, 0.2) is 36.4 Å². The van der Waals surface area contributed by atoms with Crippen molar-refractivity contribution in [1.29, 1.82) is 0 Å². The third-order valence-corrected chi connectivity index (χ3v) is 13.7. The van der Waals surface area contributed by atoms with Crippen LogP contribution in [-0.4, -0.2) is 70.0 Å². The maximum Gasteiger partial charge on any atom is 0.326 e. The summed E-state index contributed by atoms with van der Waals surface area (Å²) in [4.78, 5) is 9.53. The van der Waals surface area contributed by atoms with Gasteiger partial charge in [-0.15, -0.1) is 0 Å². The van der Waals surface area contributed by atoms with Crippen molar-refractivity contribution in [1.82, 2.24) is 19.1 Å². The third-order valence-electron chi connectivity index (χ3n) is 8.38. The van der Waals surface area contributed by atoms with Gasteiger partial charge in [0.25, 0.3) is 0 Å². The molecule has 0 radical (unpaired) electrons. The standard InChI is InChI=1S/C32H50N6O4SSi2.2C2H6/c1-25-33-29-21-27(11-13-31(29)35(25)23-41-17-19-44(3,4)5)37-15-9-10-16-38(43(37,39)40)28-12-14-32-30(22-28)34-26(2)36(32)24-42-18-20-45(6,7)8;2*1-2/h11-14,21-22H,9-10,15-20,23-24H2,1-8H3;2*1-2H3. The first-order valence-electron chi connectivity index (χ1n) is 18.0. The van der Waals surface area contributed by atoms with Gasteiger partial charge in [-0.2, -0.15) is 8.42 Å². The first-order valence-corrected chi connectivity index (χ1v) is 26.8. The second-order valence-electron chi connectivity index (χ2n) is 14.6. The highest BCUT2D eigenvalue weighted by molar-refractivity contribution is 7.94. The molecule has 0 unspecified atom stereocenters. The van der Waals surface area contributed by atoms with E-state index < -0.39 is 26.4 Å². The fourth-order valence-electron chi connectivity index (χ4n) is 5.57. The van der Waals surface area contributed by atoms with Gasteiger partial charge in [-0.05, 0) is 75.2 Å². The molecule has 3 heterocycles. The van der Waals surface area contributed by atoms with Crippen molar-refractivity contribution in [3.8, 4) is 0 Å². The van der Waals surface area contributed by atoms with Crippen molar-refractivity contribution >= 4 is 59.8 Å². The predicted octanol–water partition coefficient (Wildman–Crippen LogP) is 9.03. The van der Waals surface area contributed by atoms with E-state index in [4.69, 9.17) is 19.4 Å². The van der Waals surface area contributed by atoms with Crippen LogP contribution in [0, 0.1) is 13.8 Å². The topological polar surface area (TPSA) is 94.7 Å². The Morgan fingerprint density at radius 2 is 1.02 bits per heavy atom. The zero-order valence-corrected chi connectivity index (χ0v) is 35.1. The number of hydrogen-bond acceptors (Lipinski definition) is 6. The number of anilines is 2. The SMILES string of the molecule is CC.CC.Cc1nc2cc(N3CCCCN(c4ccc5c(c4)nc(C)n5COCC[Si](C)(C)C)S3(=O)=O)ccc2n1COCC[Si](C)(C)C. The highest BCUT2D eigenvalue weighted by atomic mass is 32.2. The van der Waals surface area contributed by atoms with E-state index in [-0.39, 0.29) is 0 Å². The van der Waals surface area contributed by atoms with Crippen molar-refractivity contribution < 1.29 is 17.9 Å². The van der Waals surface area contributed by atoms with Crippen molar-refractivity contribution in [3.05, 3.63) is 48.0 Å². The number of aryl methyl sites for hydroxylation is 2. The quantitative estimate of drug-likeness (QED) is 0.107. The lowest BCUT2D eigenvalue weighted by molar-refractivity contribution is 0.0884. The molecule has 1 fully saturated rings. The molecule has 0 saturated carbocycles. The number of rotatable bonds is 12. The molecule has 2 aromatic heterocycles. The normalized spacial score (nSPS) is 15.1. The lowest BCUT2D eigenvalue weighted by atomic mass is 10.2. The molecule has 1 aliphatic heterocycles. The molecular formula is C36H62N6O4SSi2. The van der Waals surface area contributed by atoms with Gasteiger partial charge in [-0.3, -0.25) is 8.61 Å². The van der Waals surface area contributed by atoms with Crippen LogP contribution in [0.2, 0.25) is 51.4 Å². The third kappa shape index (κ3) is 10.4. The molecule has 5 rings (SSSR count). The number of benzene rings is 2. The Bertz CT molecular complexity index is 1640. The van der Waals surface area contributed by atoms with Crippen LogP contribution < -0.4 is 8.61 Å². The number of imidazole rings is 2. The minimum atomic E-state index is -3.86. The minimum Gasteiger partial charge on any atom is -0.361 e. The summed E-state index contributed by atoms with van der Waals surface area (Å²) in [7, 11) is -6.20. The van der Waals surface area contributed by atoms with Gasteiger partial charge in [0, 0.05) is 42.5 Å². The van der Waals surface area contributed by atoms with Gasteiger partial charge in [0.15, 0.2) is 0 Å². The van der Waals surface area contributed by atoms with Gasteiger partial charge in [0.1, 0.15) is 25.1 Å². The van der Waals surface area contributed by atoms with E-state index in [2.05, 4.69) is 48.4 Å². The maximum atomic E-state index is 14.2.